The summed E-state index contributed by atoms with van der Waals surface area (Å²) in [6, 6.07) is 21.8. The van der Waals surface area contributed by atoms with Crippen LogP contribution in [0.3, 0.4) is 0 Å². The molecule has 0 unspecified atom stereocenters. The first-order valence-electron chi connectivity index (χ1n) is 12.1. The maximum Gasteiger partial charge on any atom is 0.330 e. The Balaban J connectivity index is 1.38. The van der Waals surface area contributed by atoms with Gasteiger partial charge in [0.05, 0.1) is 26.4 Å². The van der Waals surface area contributed by atoms with Gasteiger partial charge in [0, 0.05) is 25.0 Å². The SMILES string of the molecule is C=CC(=O)OCCCOc1ccc(Oc2ccc(Oc3ccc(OCCCOC(=O)C=C)cc3)cc2)cc1. The lowest BCUT2D eigenvalue weighted by Gasteiger charge is -2.10. The van der Waals surface area contributed by atoms with E-state index in [9.17, 15) is 9.59 Å². The van der Waals surface area contributed by atoms with Gasteiger partial charge in [-0.25, -0.2) is 9.59 Å². The maximum absolute atomic E-state index is 11.0. The summed E-state index contributed by atoms with van der Waals surface area (Å²) < 4.78 is 32.8. The van der Waals surface area contributed by atoms with Crippen LogP contribution in [0.4, 0.5) is 0 Å². The number of hydrogen-bond acceptors (Lipinski definition) is 8. The van der Waals surface area contributed by atoms with Gasteiger partial charge in [-0.1, -0.05) is 13.2 Å². The molecular formula is C30H30O8. The lowest BCUT2D eigenvalue weighted by Crippen LogP contribution is -2.06. The predicted molar refractivity (Wildman–Crippen MR) is 142 cm³/mol. The van der Waals surface area contributed by atoms with Crippen molar-refractivity contribution in [2.24, 2.45) is 0 Å². The predicted octanol–water partition coefficient (Wildman–Crippen LogP) is 6.27. The lowest BCUT2D eigenvalue weighted by atomic mass is 10.3. The van der Waals surface area contributed by atoms with E-state index in [1.807, 2.05) is 72.8 Å². The number of benzene rings is 3. The molecule has 3 rings (SSSR count). The van der Waals surface area contributed by atoms with Crippen molar-refractivity contribution in [3.05, 3.63) is 98.1 Å². The Bertz CT molecular complexity index is 1070. The molecule has 0 atom stereocenters. The van der Waals surface area contributed by atoms with Crippen molar-refractivity contribution in [3.8, 4) is 34.5 Å². The third-order valence-electron chi connectivity index (χ3n) is 4.88. The van der Waals surface area contributed by atoms with Crippen LogP contribution in [0.25, 0.3) is 0 Å². The van der Waals surface area contributed by atoms with Crippen LogP contribution < -0.4 is 18.9 Å². The van der Waals surface area contributed by atoms with Crippen molar-refractivity contribution in [3.63, 3.8) is 0 Å². The minimum absolute atomic E-state index is 0.281. The molecule has 0 bridgehead atoms. The van der Waals surface area contributed by atoms with E-state index in [4.69, 9.17) is 28.4 Å². The zero-order chi connectivity index (χ0) is 27.0. The Morgan fingerprint density at radius 3 is 1.08 bits per heavy atom. The van der Waals surface area contributed by atoms with Gasteiger partial charge in [0.25, 0.3) is 0 Å². The van der Waals surface area contributed by atoms with Crippen LogP contribution in [0.5, 0.6) is 34.5 Å². The quantitative estimate of drug-likeness (QED) is 0.125. The monoisotopic (exact) mass is 518 g/mol. The van der Waals surface area contributed by atoms with Crippen LogP contribution in [0, 0.1) is 0 Å². The van der Waals surface area contributed by atoms with Crippen LogP contribution in [-0.4, -0.2) is 38.4 Å². The summed E-state index contributed by atoms with van der Waals surface area (Å²) >= 11 is 0. The van der Waals surface area contributed by atoms with E-state index in [0.29, 0.717) is 60.6 Å². The molecule has 0 fully saturated rings. The number of esters is 2. The van der Waals surface area contributed by atoms with Gasteiger partial charge in [0.15, 0.2) is 0 Å². The van der Waals surface area contributed by atoms with Gasteiger partial charge >= 0.3 is 11.9 Å². The summed E-state index contributed by atoms with van der Waals surface area (Å²) in [5.74, 6) is 3.18. The molecule has 0 N–H and O–H groups in total. The van der Waals surface area contributed by atoms with Crippen molar-refractivity contribution in [2.45, 2.75) is 12.8 Å². The first-order valence-corrected chi connectivity index (χ1v) is 12.1. The molecule has 38 heavy (non-hydrogen) atoms. The highest BCUT2D eigenvalue weighted by atomic mass is 16.5. The summed E-state index contributed by atoms with van der Waals surface area (Å²) in [5, 5.41) is 0. The summed E-state index contributed by atoms with van der Waals surface area (Å²) in [6.07, 6.45) is 3.43. The minimum atomic E-state index is -0.440. The molecule has 0 amide bonds. The van der Waals surface area contributed by atoms with E-state index in [1.165, 1.54) is 0 Å². The number of carbonyl (C=O) groups excluding carboxylic acids is 2. The molecule has 198 valence electrons. The second kappa shape index (κ2) is 15.4. The first-order chi connectivity index (χ1) is 18.6. The Morgan fingerprint density at radius 2 is 0.789 bits per heavy atom. The largest absolute Gasteiger partial charge is 0.493 e. The fourth-order valence-corrected chi connectivity index (χ4v) is 3.02. The van der Waals surface area contributed by atoms with Gasteiger partial charge in [-0.15, -0.1) is 0 Å². The van der Waals surface area contributed by atoms with Crippen LogP contribution >= 0.6 is 0 Å². The Hall–Kier alpha value is -4.72. The molecule has 0 spiro atoms. The van der Waals surface area contributed by atoms with Gasteiger partial charge < -0.3 is 28.4 Å². The van der Waals surface area contributed by atoms with Crippen molar-refractivity contribution >= 4 is 11.9 Å². The van der Waals surface area contributed by atoms with Crippen molar-refractivity contribution < 1.29 is 38.0 Å². The molecular weight excluding hydrogens is 488 g/mol. The van der Waals surface area contributed by atoms with E-state index in [-0.39, 0.29) is 13.2 Å². The lowest BCUT2D eigenvalue weighted by molar-refractivity contribution is -0.138. The molecule has 3 aromatic rings. The van der Waals surface area contributed by atoms with Gasteiger partial charge in [0.1, 0.15) is 34.5 Å². The molecule has 0 heterocycles. The normalized spacial score (nSPS) is 10.1. The number of rotatable bonds is 16. The minimum Gasteiger partial charge on any atom is -0.493 e. The molecule has 8 nitrogen and oxygen atoms in total. The van der Waals surface area contributed by atoms with E-state index in [1.54, 1.807) is 0 Å². The maximum atomic E-state index is 11.0. The van der Waals surface area contributed by atoms with Crippen LogP contribution in [0.1, 0.15) is 12.8 Å². The van der Waals surface area contributed by atoms with Crippen LogP contribution in [0.15, 0.2) is 98.1 Å². The zero-order valence-corrected chi connectivity index (χ0v) is 21.0. The van der Waals surface area contributed by atoms with E-state index in [0.717, 1.165) is 12.2 Å². The van der Waals surface area contributed by atoms with E-state index in [2.05, 4.69) is 13.2 Å². The molecule has 0 radical (unpaired) electrons. The summed E-state index contributed by atoms with van der Waals surface area (Å²) in [6.45, 7) is 8.11. The zero-order valence-electron chi connectivity index (χ0n) is 21.0. The Morgan fingerprint density at radius 1 is 0.500 bits per heavy atom. The topological polar surface area (TPSA) is 89.5 Å². The van der Waals surface area contributed by atoms with Crippen molar-refractivity contribution in [2.75, 3.05) is 26.4 Å². The Kier molecular flexibility index (Phi) is 11.3. The van der Waals surface area contributed by atoms with Crippen LogP contribution in [-0.2, 0) is 19.1 Å². The molecule has 0 aliphatic rings. The summed E-state index contributed by atoms with van der Waals surface area (Å²) in [5.41, 5.74) is 0. The molecule has 0 saturated heterocycles. The number of ether oxygens (including phenoxy) is 6. The number of carbonyl (C=O) groups is 2. The highest BCUT2D eigenvalue weighted by Gasteiger charge is 2.03. The van der Waals surface area contributed by atoms with E-state index < -0.39 is 11.9 Å². The molecule has 0 aromatic heterocycles. The second-order valence-corrected chi connectivity index (χ2v) is 7.77. The molecule has 0 saturated carbocycles. The average molecular weight is 519 g/mol. The first kappa shape index (κ1) is 27.9. The summed E-state index contributed by atoms with van der Waals surface area (Å²) in [4.78, 5) is 22.0. The summed E-state index contributed by atoms with van der Waals surface area (Å²) in [7, 11) is 0. The highest BCUT2D eigenvalue weighted by molar-refractivity contribution is 5.81. The Labute approximate surface area is 222 Å². The molecule has 3 aromatic carbocycles. The fourth-order valence-electron chi connectivity index (χ4n) is 3.02. The highest BCUT2D eigenvalue weighted by Crippen LogP contribution is 2.28. The number of hydrogen-bond donors (Lipinski definition) is 0. The van der Waals surface area contributed by atoms with Gasteiger partial charge in [-0.2, -0.15) is 0 Å². The van der Waals surface area contributed by atoms with E-state index >= 15 is 0 Å². The smallest absolute Gasteiger partial charge is 0.330 e. The van der Waals surface area contributed by atoms with Crippen LogP contribution in [0.2, 0.25) is 0 Å². The third kappa shape index (κ3) is 10.1. The standard InChI is InChI=1S/C30H30O8/c1-3-29(31)35-21-5-19-33-23-7-11-25(12-8-23)37-27-15-17-28(18-16-27)38-26-13-9-24(10-14-26)34-20-6-22-36-30(32)4-2/h3-4,7-18H,1-2,5-6,19-22H2. The molecule has 8 heteroatoms. The van der Waals surface area contributed by atoms with Crippen molar-refractivity contribution in [1.29, 1.82) is 0 Å². The molecule has 0 aliphatic carbocycles. The van der Waals surface area contributed by atoms with Gasteiger partial charge in [-0.05, 0) is 72.8 Å². The average Bonchev–Trinajstić information content (AvgIpc) is 2.95. The third-order valence-corrected chi connectivity index (χ3v) is 4.88. The van der Waals surface area contributed by atoms with Crippen molar-refractivity contribution in [1.82, 2.24) is 0 Å². The fraction of sp³-hybridized carbons (Fsp3) is 0.200. The second-order valence-electron chi connectivity index (χ2n) is 7.77. The van der Waals surface area contributed by atoms with Gasteiger partial charge in [0.2, 0.25) is 0 Å². The van der Waals surface area contributed by atoms with Gasteiger partial charge in [-0.3, -0.25) is 0 Å². The molecule has 0 aliphatic heterocycles.